The second-order valence-corrected chi connectivity index (χ2v) is 7.29. The fraction of sp³-hybridized carbons (Fsp3) is 0.750. The first kappa shape index (κ1) is 23.7. The topological polar surface area (TPSA) is 89.8 Å². The number of hydrogen-bond donors (Lipinski definition) is 2. The third-order valence-corrected chi connectivity index (χ3v) is 5.25. The summed E-state index contributed by atoms with van der Waals surface area (Å²) in [6.45, 7) is 2.14. The zero-order chi connectivity index (χ0) is 18.2. The summed E-state index contributed by atoms with van der Waals surface area (Å²) in [6, 6.07) is 0. The van der Waals surface area contributed by atoms with E-state index in [0.717, 1.165) is 37.9 Å². The number of aliphatic carboxylic acids is 1. The summed E-state index contributed by atoms with van der Waals surface area (Å²) < 4.78 is 5.92. The number of unbranched alkanes of at least 4 members (excludes halogenated alkanes) is 3. The van der Waals surface area contributed by atoms with Crippen molar-refractivity contribution >= 4 is 5.97 Å². The summed E-state index contributed by atoms with van der Waals surface area (Å²) in [7, 11) is 0. The van der Waals surface area contributed by atoms with Gasteiger partial charge in [0.25, 0.3) is 0 Å². The van der Waals surface area contributed by atoms with Crippen LogP contribution in [0.5, 0.6) is 0 Å². The Morgan fingerprint density at radius 2 is 2.15 bits per heavy atom. The molecule has 142 valence electrons. The van der Waals surface area contributed by atoms with E-state index in [0.29, 0.717) is 19.3 Å². The van der Waals surface area contributed by atoms with Crippen molar-refractivity contribution in [2.45, 2.75) is 83.0 Å². The molecule has 26 heavy (non-hydrogen) atoms. The van der Waals surface area contributed by atoms with Gasteiger partial charge < -0.3 is 24.9 Å². The molecule has 1 heterocycles. The fourth-order valence-corrected chi connectivity index (χ4v) is 3.85. The predicted molar refractivity (Wildman–Crippen MR) is 93.3 cm³/mol. The maximum atomic E-state index is 10.4. The number of carbonyl (C=O) groups excluding carboxylic acids is 1. The van der Waals surface area contributed by atoms with Crippen LogP contribution >= 0.6 is 0 Å². The molecule has 5 nitrogen and oxygen atoms in total. The molecule has 0 spiro atoms. The second kappa shape index (κ2) is 12.2. The molecule has 0 aromatic carbocycles. The van der Waals surface area contributed by atoms with E-state index >= 15 is 0 Å². The van der Waals surface area contributed by atoms with Gasteiger partial charge in [0, 0.05) is 30.6 Å². The van der Waals surface area contributed by atoms with Crippen molar-refractivity contribution < 1.29 is 54.4 Å². The van der Waals surface area contributed by atoms with Crippen LogP contribution in [0.15, 0.2) is 24.0 Å². The number of rotatable bonds is 10. The maximum absolute atomic E-state index is 10.4. The monoisotopic (exact) mass is 374 g/mol. The van der Waals surface area contributed by atoms with Gasteiger partial charge in [-0.05, 0) is 31.8 Å². The smallest absolute Gasteiger partial charge is 0.550 e. The van der Waals surface area contributed by atoms with Crippen LogP contribution in [-0.2, 0) is 9.53 Å². The normalized spacial score (nSPS) is 30.2. The maximum Gasteiger partial charge on any atom is 1.00 e. The average molecular weight is 374 g/mol. The number of allylic oxidation sites excluding steroid dienone is 2. The Morgan fingerprint density at radius 3 is 2.85 bits per heavy atom. The number of carboxylic acid groups (broad SMARTS) is 1. The van der Waals surface area contributed by atoms with Crippen LogP contribution in [0.25, 0.3) is 0 Å². The van der Waals surface area contributed by atoms with Crippen LogP contribution in [0.2, 0.25) is 0 Å². The van der Waals surface area contributed by atoms with Crippen molar-refractivity contribution in [3.63, 3.8) is 0 Å². The van der Waals surface area contributed by atoms with E-state index in [1.165, 1.54) is 0 Å². The number of fused-ring (bicyclic) bond motifs is 1. The van der Waals surface area contributed by atoms with Gasteiger partial charge in [-0.15, -0.1) is 0 Å². The van der Waals surface area contributed by atoms with E-state index in [1.54, 1.807) is 0 Å². The summed E-state index contributed by atoms with van der Waals surface area (Å²) in [6.07, 6.45) is 11.6. The van der Waals surface area contributed by atoms with Crippen LogP contribution in [0.1, 0.15) is 64.7 Å². The molecule has 0 aromatic rings. The molecule has 1 saturated carbocycles. The van der Waals surface area contributed by atoms with Crippen molar-refractivity contribution in [2.75, 3.05) is 0 Å². The molecule has 0 bridgehead atoms. The van der Waals surface area contributed by atoms with Crippen LogP contribution in [-0.4, -0.2) is 34.5 Å². The summed E-state index contributed by atoms with van der Waals surface area (Å²) in [5.41, 5.74) is 0. The van der Waals surface area contributed by atoms with E-state index in [1.807, 2.05) is 18.2 Å². The van der Waals surface area contributed by atoms with E-state index in [9.17, 15) is 20.1 Å². The number of ether oxygens (including phenoxy) is 1. The molecule has 6 heteroatoms. The first-order valence-electron chi connectivity index (χ1n) is 9.61. The molecule has 5 atom stereocenters. The summed E-state index contributed by atoms with van der Waals surface area (Å²) >= 11 is 0. The van der Waals surface area contributed by atoms with Crippen LogP contribution in [0.3, 0.4) is 0 Å². The Labute approximate surface area is 178 Å². The Balaban J connectivity index is 0.00000338. The third-order valence-electron chi connectivity index (χ3n) is 5.25. The minimum absolute atomic E-state index is 0. The van der Waals surface area contributed by atoms with Gasteiger partial charge in [0.15, 0.2) is 0 Å². The zero-order valence-electron chi connectivity index (χ0n) is 16.1. The number of aliphatic hydroxyl groups excluding tert-OH is 2. The molecule has 1 aliphatic heterocycles. The van der Waals surface area contributed by atoms with E-state index in [4.69, 9.17) is 4.74 Å². The molecular weight excluding hydrogens is 343 g/mol. The molecule has 0 radical (unpaired) electrons. The predicted octanol–water partition coefficient (Wildman–Crippen LogP) is -0.922. The summed E-state index contributed by atoms with van der Waals surface area (Å²) in [5, 5.41) is 30.7. The van der Waals surface area contributed by atoms with Crippen LogP contribution in [0.4, 0.5) is 0 Å². The first-order chi connectivity index (χ1) is 12.0. The molecule has 2 rings (SSSR count). The van der Waals surface area contributed by atoms with Gasteiger partial charge in [0.1, 0.15) is 6.10 Å². The summed E-state index contributed by atoms with van der Waals surface area (Å²) in [4.78, 5) is 10.4. The number of hydrogen-bond acceptors (Lipinski definition) is 5. The average Bonchev–Trinajstić information content (AvgIpc) is 3.06. The molecule has 2 aliphatic rings. The number of carbonyl (C=O) groups is 1. The van der Waals surface area contributed by atoms with E-state index in [-0.39, 0.29) is 53.9 Å². The molecular formula is C20H31NaO5. The van der Waals surface area contributed by atoms with Gasteiger partial charge in [-0.2, -0.15) is 0 Å². The Bertz CT molecular complexity index is 491. The molecule has 0 aromatic heterocycles. The van der Waals surface area contributed by atoms with Crippen LogP contribution in [0, 0.1) is 11.8 Å². The number of carboxylic acids is 1. The number of aliphatic hydroxyl groups is 2. The van der Waals surface area contributed by atoms with Gasteiger partial charge >= 0.3 is 29.6 Å². The molecule has 2 N–H and O–H groups in total. The first-order valence-corrected chi connectivity index (χ1v) is 9.61. The SMILES string of the molecule is CCCCCC(O)C=CC1C(O)CC2OC(=CCCCC(=O)[O-])CC21.[Na+]. The van der Waals surface area contributed by atoms with Crippen molar-refractivity contribution in [3.05, 3.63) is 24.0 Å². The minimum Gasteiger partial charge on any atom is -0.550 e. The van der Waals surface area contributed by atoms with Gasteiger partial charge in [-0.1, -0.05) is 38.3 Å². The van der Waals surface area contributed by atoms with Gasteiger partial charge in [0.2, 0.25) is 0 Å². The largest absolute Gasteiger partial charge is 1.00 e. The van der Waals surface area contributed by atoms with Crippen LogP contribution < -0.4 is 34.7 Å². The minimum atomic E-state index is -1.02. The third kappa shape index (κ3) is 7.35. The quantitative estimate of drug-likeness (QED) is 0.293. The Hall–Kier alpha value is -0.330. The van der Waals surface area contributed by atoms with Gasteiger partial charge in [-0.25, -0.2) is 0 Å². The van der Waals surface area contributed by atoms with Gasteiger partial charge in [0.05, 0.1) is 18.0 Å². The van der Waals surface area contributed by atoms with Crippen molar-refractivity contribution in [1.82, 2.24) is 0 Å². The van der Waals surface area contributed by atoms with Crippen molar-refractivity contribution in [3.8, 4) is 0 Å². The van der Waals surface area contributed by atoms with E-state index < -0.39 is 18.2 Å². The standard InChI is InChI=1S/C20H32O5.Na/c1-2-3-4-7-14(21)10-11-16-17-12-15(8-5-6-9-20(23)24)25-19(17)13-18(16)22;/h8,10-11,14,16-19,21-22H,2-7,9,12-13H2,1H3,(H,23,24);/q;+1/p-1. The van der Waals surface area contributed by atoms with E-state index in [2.05, 4.69) is 6.92 Å². The fourth-order valence-electron chi connectivity index (χ4n) is 3.85. The second-order valence-electron chi connectivity index (χ2n) is 7.29. The van der Waals surface area contributed by atoms with Gasteiger partial charge in [-0.3, -0.25) is 0 Å². The van der Waals surface area contributed by atoms with Crippen molar-refractivity contribution in [2.24, 2.45) is 11.8 Å². The molecule has 5 unspecified atom stereocenters. The van der Waals surface area contributed by atoms with Crippen molar-refractivity contribution in [1.29, 1.82) is 0 Å². The molecule has 1 aliphatic carbocycles. The summed E-state index contributed by atoms with van der Waals surface area (Å²) in [5.74, 6) is 0.136. The Morgan fingerprint density at radius 1 is 1.38 bits per heavy atom. The molecule has 0 amide bonds. The molecule has 1 saturated heterocycles. The zero-order valence-corrected chi connectivity index (χ0v) is 18.1. The Kier molecular flexibility index (Phi) is 11.1. The molecule has 2 fully saturated rings.